The summed E-state index contributed by atoms with van der Waals surface area (Å²) < 4.78 is 0. The summed E-state index contributed by atoms with van der Waals surface area (Å²) in [6.45, 7) is 5.69. The lowest BCUT2D eigenvalue weighted by atomic mass is 10.1. The molecule has 19 heavy (non-hydrogen) atoms. The van der Waals surface area contributed by atoms with E-state index in [-0.39, 0.29) is 12.3 Å². The third-order valence-electron chi connectivity index (χ3n) is 2.98. The largest absolute Gasteiger partial charge is 0.480 e. The Bertz CT molecular complexity index is 506. The number of carbonyl (C=O) groups excluding carboxylic acids is 1. The van der Waals surface area contributed by atoms with Gasteiger partial charge in [-0.15, -0.1) is 0 Å². The normalized spacial score (nSPS) is 12.4. The molecule has 2 N–H and O–H groups in total. The summed E-state index contributed by atoms with van der Waals surface area (Å²) >= 11 is 0. The minimum atomic E-state index is -1.03. The second-order valence-electron chi connectivity index (χ2n) is 4.47. The van der Waals surface area contributed by atoms with Crippen molar-refractivity contribution >= 4 is 11.9 Å². The van der Waals surface area contributed by atoms with Crippen molar-refractivity contribution in [3.8, 4) is 0 Å². The summed E-state index contributed by atoms with van der Waals surface area (Å²) in [5.41, 5.74) is 2.59. The number of benzene rings is 1. The molecule has 1 rings (SSSR count). The van der Waals surface area contributed by atoms with E-state index >= 15 is 0 Å². The van der Waals surface area contributed by atoms with E-state index in [0.29, 0.717) is 5.56 Å². The molecule has 0 saturated heterocycles. The first-order valence-corrected chi connectivity index (χ1v) is 6.17. The highest BCUT2D eigenvalue weighted by molar-refractivity contribution is 5.96. The lowest BCUT2D eigenvalue weighted by Gasteiger charge is -2.13. The number of aryl methyl sites for hydroxylation is 2. The van der Waals surface area contributed by atoms with Crippen LogP contribution in [0.3, 0.4) is 0 Å². The Morgan fingerprint density at radius 1 is 1.32 bits per heavy atom. The molecule has 1 aromatic carbocycles. The Balaban J connectivity index is 2.81. The van der Waals surface area contributed by atoms with Crippen molar-refractivity contribution in [2.24, 2.45) is 0 Å². The predicted octanol–water partition coefficient (Wildman–Crippen LogP) is 2.45. The number of carboxylic acids is 1. The minimum Gasteiger partial charge on any atom is -0.480 e. The third-order valence-corrected chi connectivity index (χ3v) is 2.98. The van der Waals surface area contributed by atoms with Gasteiger partial charge in [0, 0.05) is 5.56 Å². The zero-order valence-electron chi connectivity index (χ0n) is 11.4. The second kappa shape index (κ2) is 6.73. The van der Waals surface area contributed by atoms with Crippen molar-refractivity contribution in [3.05, 3.63) is 47.0 Å². The fourth-order valence-corrected chi connectivity index (χ4v) is 1.62. The van der Waals surface area contributed by atoms with Crippen molar-refractivity contribution in [1.82, 2.24) is 5.32 Å². The number of nitrogens with one attached hydrogen (secondary N) is 1. The maximum Gasteiger partial charge on any atom is 0.326 e. The number of carboxylic acid groups (broad SMARTS) is 1. The summed E-state index contributed by atoms with van der Waals surface area (Å²) in [6.07, 6.45) is 3.76. The van der Waals surface area contributed by atoms with Crippen LogP contribution in [0.2, 0.25) is 0 Å². The molecule has 0 aliphatic rings. The fraction of sp³-hybridized carbons (Fsp3) is 0.333. The molecule has 4 nitrogen and oxygen atoms in total. The van der Waals surface area contributed by atoms with Gasteiger partial charge in [-0.25, -0.2) is 4.79 Å². The monoisotopic (exact) mass is 261 g/mol. The van der Waals surface area contributed by atoms with Crippen LogP contribution >= 0.6 is 0 Å². The molecule has 0 bridgehead atoms. The van der Waals surface area contributed by atoms with E-state index in [1.807, 2.05) is 26.8 Å². The van der Waals surface area contributed by atoms with Crippen LogP contribution < -0.4 is 5.32 Å². The molecule has 1 amide bonds. The number of carbonyl (C=O) groups is 2. The Labute approximate surface area is 113 Å². The van der Waals surface area contributed by atoms with Gasteiger partial charge < -0.3 is 10.4 Å². The topological polar surface area (TPSA) is 66.4 Å². The molecule has 4 heteroatoms. The highest BCUT2D eigenvalue weighted by Gasteiger charge is 2.19. The van der Waals surface area contributed by atoms with Crippen LogP contribution in [0, 0.1) is 13.8 Å². The van der Waals surface area contributed by atoms with E-state index in [1.165, 1.54) is 0 Å². The van der Waals surface area contributed by atoms with Gasteiger partial charge in [-0.2, -0.15) is 0 Å². The molecule has 0 aliphatic heterocycles. The molecule has 0 saturated carbocycles. The second-order valence-corrected chi connectivity index (χ2v) is 4.47. The third kappa shape index (κ3) is 4.25. The standard InChI is InChI=1S/C15H19NO3/c1-4-5-6-13(15(18)19)16-14(17)12-8-7-10(2)11(3)9-12/h4-5,7-9,13H,6H2,1-3H3,(H,16,17)(H,18,19)/b5-4+. The molecule has 1 unspecified atom stereocenters. The van der Waals surface area contributed by atoms with E-state index in [4.69, 9.17) is 5.11 Å². The van der Waals surface area contributed by atoms with E-state index < -0.39 is 12.0 Å². The maximum absolute atomic E-state index is 12.0. The van der Waals surface area contributed by atoms with Crippen LogP contribution in [0.25, 0.3) is 0 Å². The van der Waals surface area contributed by atoms with Gasteiger partial charge >= 0.3 is 5.97 Å². The summed E-state index contributed by atoms with van der Waals surface area (Å²) in [7, 11) is 0. The maximum atomic E-state index is 12.0. The first kappa shape index (κ1) is 15.0. The Kier molecular flexibility index (Phi) is 5.30. The highest BCUT2D eigenvalue weighted by atomic mass is 16.4. The van der Waals surface area contributed by atoms with E-state index in [2.05, 4.69) is 5.32 Å². The molecule has 0 aromatic heterocycles. The van der Waals surface area contributed by atoms with Crippen molar-refractivity contribution in [1.29, 1.82) is 0 Å². The number of rotatable bonds is 5. The highest BCUT2D eigenvalue weighted by Crippen LogP contribution is 2.10. The van der Waals surface area contributed by atoms with Crippen LogP contribution in [0.5, 0.6) is 0 Å². The lowest BCUT2D eigenvalue weighted by molar-refractivity contribution is -0.139. The molecular formula is C15H19NO3. The Morgan fingerprint density at radius 3 is 2.53 bits per heavy atom. The van der Waals surface area contributed by atoms with Gasteiger partial charge in [0.1, 0.15) is 6.04 Å². The van der Waals surface area contributed by atoms with Gasteiger partial charge in [-0.05, 0) is 50.5 Å². The van der Waals surface area contributed by atoms with Gasteiger partial charge in [0.05, 0.1) is 0 Å². The fourth-order valence-electron chi connectivity index (χ4n) is 1.62. The lowest BCUT2D eigenvalue weighted by Crippen LogP contribution is -2.40. The average molecular weight is 261 g/mol. The van der Waals surface area contributed by atoms with E-state index in [9.17, 15) is 9.59 Å². The Morgan fingerprint density at radius 2 is 2.00 bits per heavy atom. The summed E-state index contributed by atoms with van der Waals surface area (Å²) in [6, 6.07) is 4.42. The molecule has 0 heterocycles. The minimum absolute atomic E-state index is 0.280. The van der Waals surface area contributed by atoms with Gasteiger partial charge in [0.2, 0.25) is 0 Å². The van der Waals surface area contributed by atoms with E-state index in [0.717, 1.165) is 11.1 Å². The molecule has 1 atom stereocenters. The average Bonchev–Trinajstić information content (AvgIpc) is 2.37. The number of hydrogen-bond acceptors (Lipinski definition) is 2. The van der Waals surface area contributed by atoms with Crippen molar-refractivity contribution in [2.75, 3.05) is 0 Å². The quantitative estimate of drug-likeness (QED) is 0.800. The van der Waals surface area contributed by atoms with Crippen LogP contribution in [0.1, 0.15) is 34.8 Å². The molecule has 0 fully saturated rings. The van der Waals surface area contributed by atoms with Gasteiger partial charge in [-0.1, -0.05) is 18.2 Å². The first-order chi connectivity index (χ1) is 8.95. The number of hydrogen-bond donors (Lipinski definition) is 2. The van der Waals surface area contributed by atoms with Crippen molar-refractivity contribution in [3.63, 3.8) is 0 Å². The molecule has 0 aliphatic carbocycles. The van der Waals surface area contributed by atoms with E-state index in [1.54, 1.807) is 24.3 Å². The van der Waals surface area contributed by atoms with Crippen LogP contribution in [0.4, 0.5) is 0 Å². The number of amides is 1. The SMILES string of the molecule is C/C=C/CC(NC(=O)c1ccc(C)c(C)c1)C(=O)O. The molecule has 0 radical (unpaired) electrons. The zero-order chi connectivity index (χ0) is 14.4. The molecular weight excluding hydrogens is 242 g/mol. The molecule has 0 spiro atoms. The summed E-state index contributed by atoms with van der Waals surface area (Å²) in [5, 5.41) is 11.6. The smallest absolute Gasteiger partial charge is 0.326 e. The van der Waals surface area contributed by atoms with Crippen LogP contribution in [-0.2, 0) is 4.79 Å². The molecule has 102 valence electrons. The number of aliphatic carboxylic acids is 1. The predicted molar refractivity (Wildman–Crippen MR) is 74.2 cm³/mol. The summed E-state index contributed by atoms with van der Waals surface area (Å²) in [5.74, 6) is -1.39. The van der Waals surface area contributed by atoms with Crippen LogP contribution in [0.15, 0.2) is 30.4 Å². The molecule has 1 aromatic rings. The Hall–Kier alpha value is -2.10. The van der Waals surface area contributed by atoms with Gasteiger partial charge in [-0.3, -0.25) is 4.79 Å². The van der Waals surface area contributed by atoms with Crippen molar-refractivity contribution < 1.29 is 14.7 Å². The first-order valence-electron chi connectivity index (χ1n) is 6.17. The zero-order valence-corrected chi connectivity index (χ0v) is 11.4. The van der Waals surface area contributed by atoms with Crippen LogP contribution in [-0.4, -0.2) is 23.0 Å². The van der Waals surface area contributed by atoms with Gasteiger partial charge in [0.15, 0.2) is 0 Å². The van der Waals surface area contributed by atoms with Gasteiger partial charge in [0.25, 0.3) is 5.91 Å². The van der Waals surface area contributed by atoms with Crippen molar-refractivity contribution in [2.45, 2.75) is 33.2 Å². The summed E-state index contributed by atoms with van der Waals surface area (Å²) in [4.78, 5) is 23.0. The number of allylic oxidation sites excluding steroid dienone is 1.